The average molecular weight is 614 g/mol. The lowest BCUT2D eigenvalue weighted by molar-refractivity contribution is 0.0447. The Kier molecular flexibility index (Phi) is 7.49. The summed E-state index contributed by atoms with van der Waals surface area (Å²) in [4.78, 5) is 15.7. The summed E-state index contributed by atoms with van der Waals surface area (Å²) >= 11 is 0. The maximum Gasteiger partial charge on any atom is 0.319 e. The predicted octanol–water partition coefficient (Wildman–Crippen LogP) is 5.71. The molecule has 4 heterocycles. The van der Waals surface area contributed by atoms with Gasteiger partial charge in [-0.05, 0) is 94.5 Å². The molecule has 1 saturated carbocycles. The number of β-amino-alcohol motifs (C(OH)–C–C–N with tert-alkyl or cyclic N) is 1. The van der Waals surface area contributed by atoms with Crippen LogP contribution in [0.2, 0.25) is 0 Å². The van der Waals surface area contributed by atoms with Crippen molar-refractivity contribution in [2.45, 2.75) is 57.5 Å². The molecule has 45 heavy (non-hydrogen) atoms. The van der Waals surface area contributed by atoms with Gasteiger partial charge in [-0.1, -0.05) is 12.0 Å². The molecule has 2 aliphatic heterocycles. The van der Waals surface area contributed by atoms with Gasteiger partial charge >= 0.3 is 6.01 Å². The number of pyridine rings is 1. The van der Waals surface area contributed by atoms with Crippen molar-refractivity contribution in [1.29, 1.82) is 0 Å². The van der Waals surface area contributed by atoms with Crippen LogP contribution in [0.25, 0.3) is 32.9 Å². The maximum absolute atomic E-state index is 16.7. The Balaban J connectivity index is 1.33. The molecule has 2 saturated heterocycles. The number of piperidine rings is 2. The molecule has 0 bridgehead atoms. The molecule has 4 aromatic rings. The maximum atomic E-state index is 16.7. The minimum Gasteiger partial charge on any atom is -0.508 e. The van der Waals surface area contributed by atoms with Crippen LogP contribution in [0.4, 0.5) is 14.6 Å². The fourth-order valence-electron chi connectivity index (χ4n) is 7.17. The monoisotopic (exact) mass is 613 g/mol. The third-order valence-electron chi connectivity index (χ3n) is 9.71. The highest BCUT2D eigenvalue weighted by molar-refractivity contribution is 6.03. The number of hydrogen-bond donors (Lipinski definition) is 3. The number of phenolic OH excluding ortho intramolecular Hbond substituents is 1. The van der Waals surface area contributed by atoms with Gasteiger partial charge in [-0.2, -0.15) is 9.97 Å². The molecule has 0 radical (unpaired) electrons. The smallest absolute Gasteiger partial charge is 0.319 e. The standard InChI is InChI=1S/C35H37F2N5O3/c1-3-24-27(36)6-5-22-15-23(43)16-25(28(22)24)30-29(37)31-26(18-39-30)32(42-14-4-9-34(2,44)19-42)41-33(40-31)45-20-35(10-11-35)17-21-7-12-38-13-8-21/h1,5-6,15-16,18,21,38,43-44H,4,7-14,17,19-20H2,2H3/t34-/m1/s1. The molecule has 234 valence electrons. The van der Waals surface area contributed by atoms with Gasteiger partial charge in [-0.3, -0.25) is 4.98 Å². The van der Waals surface area contributed by atoms with E-state index >= 15 is 4.39 Å². The number of ether oxygens (including phenoxy) is 1. The van der Waals surface area contributed by atoms with Crippen LogP contribution in [-0.2, 0) is 0 Å². The molecule has 0 amide bonds. The minimum absolute atomic E-state index is 0.0106. The van der Waals surface area contributed by atoms with Crippen LogP contribution in [0.15, 0.2) is 30.5 Å². The van der Waals surface area contributed by atoms with Crippen LogP contribution in [0.1, 0.15) is 57.4 Å². The summed E-state index contributed by atoms with van der Waals surface area (Å²) in [5, 5.41) is 25.9. The highest BCUT2D eigenvalue weighted by Gasteiger charge is 2.45. The van der Waals surface area contributed by atoms with Crippen LogP contribution in [0.5, 0.6) is 11.8 Å². The second-order valence-corrected chi connectivity index (χ2v) is 13.4. The van der Waals surface area contributed by atoms with Crippen molar-refractivity contribution in [2.24, 2.45) is 11.3 Å². The van der Waals surface area contributed by atoms with E-state index in [1.54, 1.807) is 6.92 Å². The molecule has 0 unspecified atom stereocenters. The number of aromatic nitrogens is 3. The first kappa shape index (κ1) is 29.6. The number of phenols is 1. The molecule has 0 spiro atoms. The normalized spacial score (nSPS) is 21.6. The first-order valence-electron chi connectivity index (χ1n) is 15.7. The number of rotatable bonds is 7. The number of terminal acetylenes is 1. The number of aromatic hydroxyl groups is 1. The molecule has 3 fully saturated rings. The topological polar surface area (TPSA) is 104 Å². The quantitative estimate of drug-likeness (QED) is 0.228. The van der Waals surface area contributed by atoms with Crippen LogP contribution >= 0.6 is 0 Å². The van der Waals surface area contributed by atoms with E-state index in [9.17, 15) is 14.6 Å². The summed E-state index contributed by atoms with van der Waals surface area (Å²) < 4.78 is 37.8. The number of nitrogens with zero attached hydrogens (tertiary/aromatic N) is 4. The van der Waals surface area contributed by atoms with Crippen molar-refractivity contribution in [1.82, 2.24) is 20.3 Å². The van der Waals surface area contributed by atoms with Gasteiger partial charge < -0.3 is 25.2 Å². The minimum atomic E-state index is -0.939. The Bertz CT molecular complexity index is 1830. The lowest BCUT2D eigenvalue weighted by atomic mass is 9.86. The summed E-state index contributed by atoms with van der Waals surface area (Å²) in [6.45, 7) is 5.23. The molecular formula is C35H37F2N5O3. The lowest BCUT2D eigenvalue weighted by Crippen LogP contribution is -2.46. The molecule has 1 aliphatic carbocycles. The van der Waals surface area contributed by atoms with Crippen molar-refractivity contribution in [3.05, 3.63) is 47.7 Å². The SMILES string of the molecule is C#Cc1c(F)ccc2cc(O)cc(-c3ncc4c(N5CCC[C@@](C)(O)C5)nc(OCC5(CC6CCNCC6)CC5)nc4c3F)c12. The van der Waals surface area contributed by atoms with Crippen molar-refractivity contribution in [3.8, 4) is 35.4 Å². The number of benzene rings is 2. The van der Waals surface area contributed by atoms with E-state index in [1.807, 2.05) is 4.90 Å². The van der Waals surface area contributed by atoms with E-state index in [4.69, 9.17) is 16.1 Å². The largest absolute Gasteiger partial charge is 0.508 e. The molecule has 3 aliphatic rings. The van der Waals surface area contributed by atoms with Gasteiger partial charge in [0.2, 0.25) is 0 Å². The van der Waals surface area contributed by atoms with Crippen molar-refractivity contribution in [3.63, 3.8) is 0 Å². The van der Waals surface area contributed by atoms with E-state index in [0.717, 1.165) is 51.6 Å². The first-order chi connectivity index (χ1) is 21.7. The molecule has 1 atom stereocenters. The molecule has 2 aromatic carbocycles. The van der Waals surface area contributed by atoms with Gasteiger partial charge in [0, 0.05) is 35.7 Å². The fraction of sp³-hybridized carbons (Fsp3) is 0.457. The molecular weight excluding hydrogens is 576 g/mol. The number of aliphatic hydroxyl groups is 1. The summed E-state index contributed by atoms with van der Waals surface area (Å²) in [6.07, 6.45) is 14.1. The zero-order valence-electron chi connectivity index (χ0n) is 25.4. The Morgan fingerprint density at radius 3 is 2.69 bits per heavy atom. The van der Waals surface area contributed by atoms with E-state index in [-0.39, 0.29) is 44.9 Å². The highest BCUT2D eigenvalue weighted by atomic mass is 19.1. The second-order valence-electron chi connectivity index (χ2n) is 13.4. The van der Waals surface area contributed by atoms with Gasteiger partial charge in [0.15, 0.2) is 5.82 Å². The third kappa shape index (κ3) is 5.75. The zero-order valence-corrected chi connectivity index (χ0v) is 25.4. The lowest BCUT2D eigenvalue weighted by Gasteiger charge is -2.37. The average Bonchev–Trinajstić information content (AvgIpc) is 3.79. The van der Waals surface area contributed by atoms with E-state index in [2.05, 4.69) is 21.2 Å². The van der Waals surface area contributed by atoms with Crippen LogP contribution in [-0.4, -0.2) is 63.6 Å². The van der Waals surface area contributed by atoms with Gasteiger partial charge in [-0.25, -0.2) is 8.78 Å². The number of halogens is 2. The van der Waals surface area contributed by atoms with E-state index in [0.29, 0.717) is 48.6 Å². The summed E-state index contributed by atoms with van der Waals surface area (Å²) in [6, 6.07) is 5.55. The van der Waals surface area contributed by atoms with Crippen molar-refractivity contribution >= 4 is 27.5 Å². The summed E-state index contributed by atoms with van der Waals surface area (Å²) in [7, 11) is 0. The molecule has 7 rings (SSSR count). The molecule has 8 nitrogen and oxygen atoms in total. The Hall–Kier alpha value is -4.07. The summed E-state index contributed by atoms with van der Waals surface area (Å²) in [5.74, 6) is 1.93. The first-order valence-corrected chi connectivity index (χ1v) is 15.7. The van der Waals surface area contributed by atoms with Gasteiger partial charge in [0.05, 0.1) is 23.2 Å². The van der Waals surface area contributed by atoms with Crippen molar-refractivity contribution in [2.75, 3.05) is 37.7 Å². The Morgan fingerprint density at radius 2 is 1.96 bits per heavy atom. The molecule has 10 heteroatoms. The molecule has 2 aromatic heterocycles. The Labute approximate surface area is 260 Å². The van der Waals surface area contributed by atoms with Crippen molar-refractivity contribution < 1.29 is 23.7 Å². The fourth-order valence-corrected chi connectivity index (χ4v) is 7.17. The second kappa shape index (κ2) is 11.4. The number of fused-ring (bicyclic) bond motifs is 2. The van der Waals surface area contributed by atoms with Crippen LogP contribution < -0.4 is 15.0 Å². The van der Waals surface area contributed by atoms with E-state index < -0.39 is 17.2 Å². The highest BCUT2D eigenvalue weighted by Crippen LogP contribution is 2.52. The van der Waals surface area contributed by atoms with Gasteiger partial charge in [0.25, 0.3) is 0 Å². The Morgan fingerprint density at radius 1 is 1.16 bits per heavy atom. The van der Waals surface area contributed by atoms with Gasteiger partial charge in [-0.15, -0.1) is 6.42 Å². The zero-order chi connectivity index (χ0) is 31.3. The van der Waals surface area contributed by atoms with Gasteiger partial charge in [0.1, 0.15) is 28.6 Å². The number of anilines is 1. The molecule has 3 N–H and O–H groups in total. The van der Waals surface area contributed by atoms with Crippen LogP contribution in [0.3, 0.4) is 0 Å². The predicted molar refractivity (Wildman–Crippen MR) is 169 cm³/mol. The van der Waals surface area contributed by atoms with E-state index in [1.165, 1.54) is 30.5 Å². The third-order valence-corrected chi connectivity index (χ3v) is 9.71. The number of nitrogens with one attached hydrogen (secondary N) is 1. The van der Waals surface area contributed by atoms with Crippen LogP contribution in [0, 0.1) is 35.3 Å². The number of hydrogen-bond acceptors (Lipinski definition) is 8. The summed E-state index contributed by atoms with van der Waals surface area (Å²) in [5.41, 5.74) is -0.895.